The third-order valence-electron chi connectivity index (χ3n) is 4.25. The van der Waals surface area contributed by atoms with E-state index in [1.165, 1.54) is 12.1 Å². The van der Waals surface area contributed by atoms with Crippen LogP contribution in [0.5, 0.6) is 5.75 Å². The summed E-state index contributed by atoms with van der Waals surface area (Å²) < 4.78 is 37.3. The van der Waals surface area contributed by atoms with Crippen LogP contribution in [0.4, 0.5) is 8.78 Å². The predicted molar refractivity (Wildman–Crippen MR) is 102 cm³/mol. The Kier molecular flexibility index (Phi) is 8.44. The van der Waals surface area contributed by atoms with Crippen molar-refractivity contribution in [1.82, 2.24) is 10.6 Å². The number of guanidine groups is 1. The quantitative estimate of drug-likeness (QED) is 0.408. The normalized spacial score (nSPS) is 17.0. The van der Waals surface area contributed by atoms with Crippen LogP contribution in [-0.2, 0) is 4.74 Å². The van der Waals surface area contributed by atoms with E-state index in [1.54, 1.807) is 0 Å². The van der Waals surface area contributed by atoms with Gasteiger partial charge < -0.3 is 20.1 Å². The van der Waals surface area contributed by atoms with E-state index in [9.17, 15) is 8.78 Å². The van der Waals surface area contributed by atoms with Crippen LogP contribution >= 0.6 is 11.8 Å². The van der Waals surface area contributed by atoms with Crippen LogP contribution in [-0.4, -0.2) is 56.4 Å². The molecule has 1 saturated heterocycles. The topological polar surface area (TPSA) is 54.9 Å². The second-order valence-electron chi connectivity index (χ2n) is 6.04. The highest BCUT2D eigenvalue weighted by molar-refractivity contribution is 8.00. The maximum absolute atomic E-state index is 13.5. The molecule has 0 aromatic heterocycles. The second-order valence-corrected chi connectivity index (χ2v) is 7.32. The minimum Gasteiger partial charge on any atom is -0.489 e. The molecule has 26 heavy (non-hydrogen) atoms. The first-order chi connectivity index (χ1) is 12.6. The van der Waals surface area contributed by atoms with Crippen molar-refractivity contribution >= 4 is 17.7 Å². The van der Waals surface area contributed by atoms with Crippen LogP contribution in [0.3, 0.4) is 0 Å². The van der Waals surface area contributed by atoms with Gasteiger partial charge in [-0.1, -0.05) is 0 Å². The molecule has 8 heteroatoms. The third kappa shape index (κ3) is 6.32. The van der Waals surface area contributed by atoms with Crippen LogP contribution < -0.4 is 15.4 Å². The largest absolute Gasteiger partial charge is 0.489 e. The van der Waals surface area contributed by atoms with Crippen molar-refractivity contribution in [3.63, 3.8) is 0 Å². The Bertz CT molecular complexity index is 596. The van der Waals surface area contributed by atoms with Gasteiger partial charge in [-0.3, -0.25) is 4.99 Å². The number of hydrogen-bond acceptors (Lipinski definition) is 4. The zero-order valence-electron chi connectivity index (χ0n) is 15.3. The fourth-order valence-corrected chi connectivity index (χ4v) is 3.43. The molecule has 1 aromatic rings. The first-order valence-corrected chi connectivity index (χ1v) is 10.0. The summed E-state index contributed by atoms with van der Waals surface area (Å²) in [6.45, 7) is 5.71. The van der Waals surface area contributed by atoms with Crippen molar-refractivity contribution in [3.8, 4) is 5.75 Å². The van der Waals surface area contributed by atoms with E-state index in [2.05, 4.69) is 16.9 Å². The van der Waals surface area contributed by atoms with Gasteiger partial charge in [0.15, 0.2) is 17.5 Å². The van der Waals surface area contributed by atoms with Gasteiger partial charge in [0.05, 0.1) is 13.1 Å². The van der Waals surface area contributed by atoms with E-state index in [1.807, 2.05) is 18.7 Å². The lowest BCUT2D eigenvalue weighted by Gasteiger charge is -2.34. The smallest absolute Gasteiger partial charge is 0.191 e. The average Bonchev–Trinajstić information content (AvgIpc) is 2.65. The number of rotatable bonds is 8. The number of halogens is 2. The molecule has 0 radical (unpaired) electrons. The highest BCUT2D eigenvalue weighted by Gasteiger charge is 2.31. The van der Waals surface area contributed by atoms with Gasteiger partial charge in [0.2, 0.25) is 0 Å². The molecular weight excluding hydrogens is 360 g/mol. The Labute approximate surface area is 157 Å². The van der Waals surface area contributed by atoms with Crippen molar-refractivity contribution in [1.29, 1.82) is 0 Å². The van der Waals surface area contributed by atoms with E-state index in [-0.39, 0.29) is 17.1 Å². The summed E-state index contributed by atoms with van der Waals surface area (Å²) in [5.74, 6) is -0.577. The standard InChI is InChI=1S/C18H27F2N3O2S/c1-3-21-17(23-13-18(26-2)6-9-24-10-7-18)22-8-11-25-16-5-4-14(19)12-15(16)20/h4-5,12H,3,6-11,13H2,1-2H3,(H2,21,22,23). The Hall–Kier alpha value is -1.54. The van der Waals surface area contributed by atoms with Gasteiger partial charge >= 0.3 is 0 Å². The van der Waals surface area contributed by atoms with Crippen LogP contribution in [0.15, 0.2) is 23.2 Å². The van der Waals surface area contributed by atoms with Crippen molar-refractivity contribution in [2.24, 2.45) is 4.99 Å². The summed E-state index contributed by atoms with van der Waals surface area (Å²) in [4.78, 5) is 4.69. The van der Waals surface area contributed by atoms with E-state index in [4.69, 9.17) is 14.5 Å². The first-order valence-electron chi connectivity index (χ1n) is 8.81. The molecule has 0 atom stereocenters. The maximum atomic E-state index is 13.5. The molecular formula is C18H27F2N3O2S. The van der Waals surface area contributed by atoms with Crippen LogP contribution in [0.1, 0.15) is 19.8 Å². The summed E-state index contributed by atoms with van der Waals surface area (Å²) in [6, 6.07) is 3.27. The van der Waals surface area contributed by atoms with Gasteiger partial charge in [-0.25, -0.2) is 8.78 Å². The van der Waals surface area contributed by atoms with Crippen LogP contribution in [0.2, 0.25) is 0 Å². The molecule has 0 aliphatic carbocycles. The van der Waals surface area contributed by atoms with Gasteiger partial charge in [0, 0.05) is 30.6 Å². The minimum absolute atomic E-state index is 0.0404. The number of aliphatic imine (C=N–C) groups is 1. The summed E-state index contributed by atoms with van der Waals surface area (Å²) in [7, 11) is 0. The lowest BCUT2D eigenvalue weighted by atomic mass is 9.99. The van der Waals surface area contributed by atoms with Gasteiger partial charge in [0.1, 0.15) is 12.4 Å². The number of hydrogen-bond donors (Lipinski definition) is 2. The monoisotopic (exact) mass is 387 g/mol. The van der Waals surface area contributed by atoms with Crippen molar-refractivity contribution in [2.45, 2.75) is 24.5 Å². The zero-order chi connectivity index (χ0) is 18.8. The predicted octanol–water partition coefficient (Wildman–Crippen LogP) is 2.81. The Balaban J connectivity index is 1.83. The summed E-state index contributed by atoms with van der Waals surface area (Å²) in [5, 5.41) is 6.38. The van der Waals surface area contributed by atoms with E-state index < -0.39 is 11.6 Å². The van der Waals surface area contributed by atoms with Crippen LogP contribution in [0, 0.1) is 11.6 Å². The zero-order valence-corrected chi connectivity index (χ0v) is 16.1. The third-order valence-corrected chi connectivity index (χ3v) is 5.66. The van der Waals surface area contributed by atoms with Crippen molar-refractivity contribution < 1.29 is 18.3 Å². The second kappa shape index (κ2) is 10.6. The molecule has 2 rings (SSSR count). The van der Waals surface area contributed by atoms with E-state index >= 15 is 0 Å². The SMILES string of the molecule is CCNC(=NCC1(SC)CCOCC1)NCCOc1ccc(F)cc1F. The molecule has 0 bridgehead atoms. The molecule has 146 valence electrons. The number of ether oxygens (including phenoxy) is 2. The average molecular weight is 387 g/mol. The summed E-state index contributed by atoms with van der Waals surface area (Å²) in [6.07, 6.45) is 4.10. The molecule has 1 aromatic carbocycles. The first kappa shape index (κ1) is 20.8. The molecule has 0 saturated carbocycles. The summed E-state index contributed by atoms with van der Waals surface area (Å²) in [5.41, 5.74) is 0. The Morgan fingerprint density at radius 2 is 2.08 bits per heavy atom. The fraction of sp³-hybridized carbons (Fsp3) is 0.611. The molecule has 1 fully saturated rings. The number of benzene rings is 1. The number of thioether (sulfide) groups is 1. The summed E-state index contributed by atoms with van der Waals surface area (Å²) >= 11 is 1.84. The Morgan fingerprint density at radius 3 is 2.73 bits per heavy atom. The van der Waals surface area contributed by atoms with Crippen molar-refractivity contribution in [3.05, 3.63) is 29.8 Å². The fourth-order valence-electron chi connectivity index (χ4n) is 2.66. The highest BCUT2D eigenvalue weighted by atomic mass is 32.2. The maximum Gasteiger partial charge on any atom is 0.191 e. The molecule has 1 aliphatic rings. The van der Waals surface area contributed by atoms with E-state index in [0.717, 1.165) is 38.7 Å². The lowest BCUT2D eigenvalue weighted by Crippen LogP contribution is -2.42. The van der Waals surface area contributed by atoms with Crippen LogP contribution in [0.25, 0.3) is 0 Å². The Morgan fingerprint density at radius 1 is 1.31 bits per heavy atom. The number of nitrogens with one attached hydrogen (secondary N) is 2. The molecule has 0 amide bonds. The molecule has 1 aliphatic heterocycles. The lowest BCUT2D eigenvalue weighted by molar-refractivity contribution is 0.0794. The van der Waals surface area contributed by atoms with Crippen molar-refractivity contribution in [2.75, 3.05) is 45.7 Å². The van der Waals surface area contributed by atoms with Gasteiger partial charge in [0.25, 0.3) is 0 Å². The van der Waals surface area contributed by atoms with Gasteiger partial charge in [-0.15, -0.1) is 0 Å². The van der Waals surface area contributed by atoms with Gasteiger partial charge in [-0.05, 0) is 38.2 Å². The highest BCUT2D eigenvalue weighted by Crippen LogP contribution is 2.33. The molecule has 5 nitrogen and oxygen atoms in total. The molecule has 2 N–H and O–H groups in total. The van der Waals surface area contributed by atoms with E-state index in [0.29, 0.717) is 19.0 Å². The minimum atomic E-state index is -0.702. The molecule has 0 unspecified atom stereocenters. The van der Waals surface area contributed by atoms with Gasteiger partial charge in [-0.2, -0.15) is 11.8 Å². The number of nitrogens with zero attached hydrogens (tertiary/aromatic N) is 1. The molecule has 1 heterocycles. The molecule has 0 spiro atoms.